The fourth-order valence-corrected chi connectivity index (χ4v) is 2.42. The smallest absolute Gasteiger partial charge is 0.380 e. The molecular weight excluding hydrogens is 311 g/mol. The van der Waals surface area contributed by atoms with Crippen molar-refractivity contribution >= 4 is 11.7 Å². The number of benzene rings is 1. The van der Waals surface area contributed by atoms with Gasteiger partial charge >= 0.3 is 12.2 Å². The zero-order valence-corrected chi connectivity index (χ0v) is 12.8. The van der Waals surface area contributed by atoms with Crippen LogP contribution in [0.4, 0.5) is 23.7 Å². The quantitative estimate of drug-likeness (QED) is 0.894. The van der Waals surface area contributed by atoms with Crippen LogP contribution in [0.3, 0.4) is 0 Å². The molecule has 1 aromatic rings. The number of para-hydroxylation sites is 1. The van der Waals surface area contributed by atoms with E-state index in [0.29, 0.717) is 19.8 Å². The molecule has 1 atom stereocenters. The van der Waals surface area contributed by atoms with Crippen molar-refractivity contribution < 1.29 is 22.7 Å². The van der Waals surface area contributed by atoms with Crippen molar-refractivity contribution in [2.75, 3.05) is 45.2 Å². The minimum atomic E-state index is -4.51. The zero-order valence-electron chi connectivity index (χ0n) is 12.8. The highest BCUT2D eigenvalue weighted by Gasteiger charge is 2.33. The average Bonchev–Trinajstić information content (AvgIpc) is 2.69. The number of rotatable bonds is 3. The maximum Gasteiger partial charge on any atom is 0.418 e. The minimum absolute atomic E-state index is 0.103. The number of carbonyl (C=O) groups excluding carboxylic acids is 1. The van der Waals surface area contributed by atoms with Gasteiger partial charge in [-0.15, -0.1) is 0 Å². The predicted molar refractivity (Wildman–Crippen MR) is 80.3 cm³/mol. The van der Waals surface area contributed by atoms with Crippen LogP contribution in [-0.2, 0) is 10.9 Å². The molecule has 1 fully saturated rings. The highest BCUT2D eigenvalue weighted by molar-refractivity contribution is 5.90. The standard InChI is InChI=1S/C15H20F3N3O2/c1-21-6-7-23-10-11(9-21)8-19-14(22)20-13-5-3-2-4-12(13)15(16,17)18/h2-5,11H,6-10H2,1H3,(H2,19,20,22)/t11-/m0/s1. The third kappa shape index (κ3) is 5.40. The normalized spacial score (nSPS) is 19.9. The van der Waals surface area contributed by atoms with Gasteiger partial charge in [0, 0.05) is 25.6 Å². The zero-order chi connectivity index (χ0) is 16.9. The molecule has 0 spiro atoms. The van der Waals surface area contributed by atoms with E-state index in [0.717, 1.165) is 19.2 Å². The van der Waals surface area contributed by atoms with Gasteiger partial charge < -0.3 is 20.3 Å². The molecule has 0 unspecified atom stereocenters. The molecule has 2 amide bonds. The first-order valence-corrected chi connectivity index (χ1v) is 7.33. The van der Waals surface area contributed by atoms with Crippen LogP contribution in [0.5, 0.6) is 0 Å². The van der Waals surface area contributed by atoms with Crippen molar-refractivity contribution in [1.29, 1.82) is 0 Å². The molecule has 0 bridgehead atoms. The number of anilines is 1. The van der Waals surface area contributed by atoms with Crippen molar-refractivity contribution in [3.05, 3.63) is 29.8 Å². The second-order valence-electron chi connectivity index (χ2n) is 5.58. The van der Waals surface area contributed by atoms with Crippen molar-refractivity contribution in [2.24, 2.45) is 5.92 Å². The Morgan fingerprint density at radius 2 is 2.13 bits per heavy atom. The van der Waals surface area contributed by atoms with Crippen molar-refractivity contribution in [1.82, 2.24) is 10.2 Å². The molecular formula is C15H20F3N3O2. The summed E-state index contributed by atoms with van der Waals surface area (Å²) < 4.78 is 44.0. The molecule has 0 radical (unpaired) electrons. The number of amides is 2. The lowest BCUT2D eigenvalue weighted by Gasteiger charge is -2.19. The summed E-state index contributed by atoms with van der Waals surface area (Å²) in [5.41, 5.74) is -1.13. The third-order valence-corrected chi connectivity index (χ3v) is 3.57. The van der Waals surface area contributed by atoms with Crippen molar-refractivity contribution in [3.63, 3.8) is 0 Å². The van der Waals surface area contributed by atoms with E-state index in [4.69, 9.17) is 4.74 Å². The van der Waals surface area contributed by atoms with E-state index < -0.39 is 17.8 Å². The van der Waals surface area contributed by atoms with Gasteiger partial charge in [-0.05, 0) is 19.2 Å². The summed E-state index contributed by atoms with van der Waals surface area (Å²) in [6, 6.07) is 4.23. The molecule has 0 saturated carbocycles. The molecule has 1 aliphatic rings. The predicted octanol–water partition coefficient (Wildman–Crippen LogP) is 2.41. The Balaban J connectivity index is 1.90. The summed E-state index contributed by atoms with van der Waals surface area (Å²) in [5.74, 6) is 0.103. The molecule has 1 saturated heterocycles. The molecule has 0 aliphatic carbocycles. The van der Waals surface area contributed by atoms with Gasteiger partial charge in [0.25, 0.3) is 0 Å². The fraction of sp³-hybridized carbons (Fsp3) is 0.533. The van der Waals surface area contributed by atoms with Crippen LogP contribution in [0.1, 0.15) is 5.56 Å². The fourth-order valence-electron chi connectivity index (χ4n) is 2.42. The molecule has 128 valence electrons. The van der Waals surface area contributed by atoms with E-state index in [2.05, 4.69) is 15.5 Å². The highest BCUT2D eigenvalue weighted by atomic mass is 19.4. The molecule has 5 nitrogen and oxygen atoms in total. The Labute approximate surface area is 132 Å². The largest absolute Gasteiger partial charge is 0.418 e. The summed E-state index contributed by atoms with van der Waals surface area (Å²) >= 11 is 0. The summed E-state index contributed by atoms with van der Waals surface area (Å²) in [6.45, 7) is 3.08. The van der Waals surface area contributed by atoms with Gasteiger partial charge in [0.15, 0.2) is 0 Å². The lowest BCUT2D eigenvalue weighted by molar-refractivity contribution is -0.136. The van der Waals surface area contributed by atoms with Gasteiger partial charge in [0.2, 0.25) is 0 Å². The SMILES string of the molecule is CN1CCOC[C@@H](CNC(=O)Nc2ccccc2C(F)(F)F)C1. The van der Waals surface area contributed by atoms with Gasteiger partial charge in [0.05, 0.1) is 24.5 Å². The van der Waals surface area contributed by atoms with E-state index in [1.54, 1.807) is 0 Å². The van der Waals surface area contributed by atoms with Crippen LogP contribution >= 0.6 is 0 Å². The number of nitrogens with one attached hydrogen (secondary N) is 2. The number of urea groups is 1. The maximum absolute atomic E-state index is 12.9. The third-order valence-electron chi connectivity index (χ3n) is 3.57. The van der Waals surface area contributed by atoms with Crippen molar-refractivity contribution in [3.8, 4) is 0 Å². The monoisotopic (exact) mass is 331 g/mol. The van der Waals surface area contributed by atoms with Gasteiger partial charge in [0.1, 0.15) is 0 Å². The molecule has 1 aliphatic heterocycles. The number of ether oxygens (including phenoxy) is 1. The van der Waals surface area contributed by atoms with Gasteiger partial charge in [-0.1, -0.05) is 12.1 Å². The van der Waals surface area contributed by atoms with E-state index in [1.807, 2.05) is 7.05 Å². The van der Waals surface area contributed by atoms with Crippen LogP contribution in [0.2, 0.25) is 0 Å². The van der Waals surface area contributed by atoms with Crippen LogP contribution in [0, 0.1) is 5.92 Å². The number of halogens is 3. The Kier molecular flexibility index (Phi) is 5.84. The van der Waals surface area contributed by atoms with Crippen LogP contribution in [-0.4, -0.2) is 50.8 Å². The Morgan fingerprint density at radius 3 is 2.87 bits per heavy atom. The molecule has 1 heterocycles. The molecule has 2 N–H and O–H groups in total. The van der Waals surface area contributed by atoms with Gasteiger partial charge in [-0.2, -0.15) is 13.2 Å². The second-order valence-corrected chi connectivity index (χ2v) is 5.58. The topological polar surface area (TPSA) is 53.6 Å². The van der Waals surface area contributed by atoms with E-state index in [9.17, 15) is 18.0 Å². The Morgan fingerprint density at radius 1 is 1.39 bits per heavy atom. The first-order chi connectivity index (χ1) is 10.9. The average molecular weight is 331 g/mol. The number of hydrogen-bond acceptors (Lipinski definition) is 3. The number of nitrogens with zero attached hydrogens (tertiary/aromatic N) is 1. The Hall–Kier alpha value is -1.80. The Bertz CT molecular complexity index is 537. The molecule has 0 aromatic heterocycles. The summed E-state index contributed by atoms with van der Waals surface area (Å²) in [7, 11) is 1.96. The lowest BCUT2D eigenvalue weighted by atomic mass is 10.1. The number of carbonyl (C=O) groups is 1. The highest BCUT2D eigenvalue weighted by Crippen LogP contribution is 2.34. The number of likely N-dealkylation sites (N-methyl/N-ethyl adjacent to an activating group) is 1. The summed E-state index contributed by atoms with van der Waals surface area (Å²) in [4.78, 5) is 14.0. The number of alkyl halides is 3. The molecule has 2 rings (SSSR count). The summed E-state index contributed by atoms with van der Waals surface area (Å²) in [6.07, 6.45) is -4.51. The minimum Gasteiger partial charge on any atom is -0.380 e. The van der Waals surface area contributed by atoms with Crippen LogP contribution < -0.4 is 10.6 Å². The molecule has 1 aromatic carbocycles. The first-order valence-electron chi connectivity index (χ1n) is 7.33. The number of hydrogen-bond donors (Lipinski definition) is 2. The first kappa shape index (κ1) is 17.6. The van der Waals surface area contributed by atoms with Crippen LogP contribution in [0.15, 0.2) is 24.3 Å². The van der Waals surface area contributed by atoms with E-state index in [1.165, 1.54) is 18.2 Å². The van der Waals surface area contributed by atoms with Gasteiger partial charge in [-0.25, -0.2) is 4.79 Å². The van der Waals surface area contributed by atoms with Crippen LogP contribution in [0.25, 0.3) is 0 Å². The lowest BCUT2D eigenvalue weighted by Crippen LogP contribution is -2.38. The van der Waals surface area contributed by atoms with E-state index in [-0.39, 0.29) is 11.6 Å². The van der Waals surface area contributed by atoms with Crippen molar-refractivity contribution in [2.45, 2.75) is 6.18 Å². The summed E-state index contributed by atoms with van der Waals surface area (Å²) in [5, 5.41) is 4.86. The van der Waals surface area contributed by atoms with Gasteiger partial charge in [-0.3, -0.25) is 0 Å². The molecule has 23 heavy (non-hydrogen) atoms. The second kappa shape index (κ2) is 7.65. The van der Waals surface area contributed by atoms with E-state index >= 15 is 0 Å². The maximum atomic E-state index is 12.9. The molecule has 8 heteroatoms.